The molecule has 4 rings (SSSR count). The number of benzene rings is 1. The largest absolute Gasteiger partial charge is 0.443 e. The first kappa shape index (κ1) is 19.7. The van der Waals surface area contributed by atoms with E-state index in [9.17, 15) is 4.79 Å². The molecular formula is C22H25ClN4O2. The fourth-order valence-electron chi connectivity index (χ4n) is 3.95. The topological polar surface area (TPSA) is 71.3 Å². The summed E-state index contributed by atoms with van der Waals surface area (Å²) in [5, 5.41) is 4.77. The minimum absolute atomic E-state index is 0.0617. The molecule has 0 bridgehead atoms. The second-order valence-corrected chi connectivity index (χ2v) is 7.99. The molecule has 1 fully saturated rings. The minimum Gasteiger partial charge on any atom is -0.443 e. The van der Waals surface area contributed by atoms with Crippen molar-refractivity contribution in [2.24, 2.45) is 5.92 Å². The Hall–Kier alpha value is -2.60. The number of hydrogen-bond acceptors (Lipinski definition) is 5. The molecule has 3 aromatic rings. The Kier molecular flexibility index (Phi) is 5.72. The Morgan fingerprint density at radius 1 is 1.31 bits per heavy atom. The van der Waals surface area contributed by atoms with Crippen molar-refractivity contribution in [3.8, 4) is 0 Å². The van der Waals surface area contributed by atoms with Crippen LogP contribution in [-0.2, 0) is 11.2 Å². The van der Waals surface area contributed by atoms with Gasteiger partial charge in [-0.05, 0) is 44.7 Å². The van der Waals surface area contributed by atoms with E-state index in [1.54, 1.807) is 0 Å². The first-order valence-corrected chi connectivity index (χ1v) is 10.4. The Morgan fingerprint density at radius 3 is 2.97 bits per heavy atom. The zero-order valence-corrected chi connectivity index (χ0v) is 17.5. The number of amides is 1. The maximum Gasteiger partial charge on any atom is 0.231 e. The van der Waals surface area contributed by atoms with Crippen LogP contribution in [-0.4, -0.2) is 35.5 Å². The average molecular weight is 413 g/mol. The number of aryl methyl sites for hydroxylation is 2. The first-order valence-electron chi connectivity index (χ1n) is 10.0. The number of piperidine rings is 1. The van der Waals surface area contributed by atoms with E-state index in [1.807, 2.05) is 38.1 Å². The third kappa shape index (κ3) is 4.08. The monoisotopic (exact) mass is 412 g/mol. The second kappa shape index (κ2) is 8.41. The lowest BCUT2D eigenvalue weighted by molar-refractivity contribution is -0.125. The maximum atomic E-state index is 12.8. The van der Waals surface area contributed by atoms with E-state index in [1.165, 1.54) is 6.33 Å². The highest BCUT2D eigenvalue weighted by Gasteiger charge is 2.28. The molecule has 29 heavy (non-hydrogen) atoms. The lowest BCUT2D eigenvalue weighted by Gasteiger charge is -2.33. The molecule has 1 aliphatic rings. The number of carbonyl (C=O) groups excluding carboxylic acids is 1. The van der Waals surface area contributed by atoms with Gasteiger partial charge in [0.2, 0.25) is 11.6 Å². The van der Waals surface area contributed by atoms with Crippen LogP contribution in [0.1, 0.15) is 29.7 Å². The van der Waals surface area contributed by atoms with E-state index in [0.29, 0.717) is 18.8 Å². The van der Waals surface area contributed by atoms with Gasteiger partial charge in [0.1, 0.15) is 17.9 Å². The number of carbonyl (C=O) groups is 1. The number of furan rings is 1. The molecule has 1 atom stereocenters. The number of hydrogen-bond donors (Lipinski definition) is 1. The van der Waals surface area contributed by atoms with Crippen LogP contribution in [0, 0.1) is 19.8 Å². The molecule has 0 aliphatic carbocycles. The SMILES string of the molecule is Cc1oc2ncnc(N3CCC[C@H](C(=O)NCCc4ccccc4Cl)C3)c2c1C. The molecule has 1 N–H and O–H groups in total. The smallest absolute Gasteiger partial charge is 0.231 e. The van der Waals surface area contributed by atoms with Crippen molar-refractivity contribution < 1.29 is 9.21 Å². The van der Waals surface area contributed by atoms with Gasteiger partial charge in [0.05, 0.1) is 11.3 Å². The molecular weight excluding hydrogens is 388 g/mol. The summed E-state index contributed by atoms with van der Waals surface area (Å²) in [4.78, 5) is 23.7. The van der Waals surface area contributed by atoms with E-state index < -0.39 is 0 Å². The standard InChI is InChI=1S/C22H25ClN4O2/c1-14-15(2)29-22-19(14)20(25-13-26-22)27-11-5-7-17(12-27)21(28)24-10-9-16-6-3-4-8-18(16)23/h3-4,6,8,13,17H,5,7,9-12H2,1-2H3,(H,24,28)/t17-/m0/s1. The van der Waals surface area contributed by atoms with E-state index >= 15 is 0 Å². The number of anilines is 1. The number of nitrogens with zero attached hydrogens (tertiary/aromatic N) is 3. The van der Waals surface area contributed by atoms with Crippen molar-refractivity contribution >= 4 is 34.4 Å². The van der Waals surface area contributed by atoms with Gasteiger partial charge in [-0.1, -0.05) is 29.8 Å². The van der Waals surface area contributed by atoms with Gasteiger partial charge >= 0.3 is 0 Å². The fourth-order valence-corrected chi connectivity index (χ4v) is 4.18. The first-order chi connectivity index (χ1) is 14.0. The van der Waals surface area contributed by atoms with Gasteiger partial charge in [0, 0.05) is 30.2 Å². The summed E-state index contributed by atoms with van der Waals surface area (Å²) >= 11 is 6.20. The normalized spacial score (nSPS) is 16.9. The Balaban J connectivity index is 1.42. The summed E-state index contributed by atoms with van der Waals surface area (Å²) in [5.74, 6) is 1.74. The molecule has 2 aromatic heterocycles. The number of aromatic nitrogens is 2. The summed E-state index contributed by atoms with van der Waals surface area (Å²) in [5.41, 5.74) is 2.71. The molecule has 0 radical (unpaired) electrons. The van der Waals surface area contributed by atoms with Crippen LogP contribution in [0.5, 0.6) is 0 Å². The van der Waals surface area contributed by atoms with Gasteiger partial charge in [-0.25, -0.2) is 9.97 Å². The molecule has 0 saturated carbocycles. The number of halogens is 1. The van der Waals surface area contributed by atoms with Crippen LogP contribution >= 0.6 is 11.6 Å². The van der Waals surface area contributed by atoms with Gasteiger partial charge in [0.15, 0.2) is 0 Å². The number of rotatable bonds is 5. The van der Waals surface area contributed by atoms with Crippen molar-refractivity contribution in [3.05, 3.63) is 52.5 Å². The lowest BCUT2D eigenvalue weighted by Crippen LogP contribution is -2.43. The molecule has 1 saturated heterocycles. The maximum absolute atomic E-state index is 12.8. The third-order valence-corrected chi connectivity index (χ3v) is 6.06. The van der Waals surface area contributed by atoms with Gasteiger partial charge in [-0.3, -0.25) is 4.79 Å². The Morgan fingerprint density at radius 2 is 2.14 bits per heavy atom. The number of nitrogens with one attached hydrogen (secondary N) is 1. The molecule has 1 amide bonds. The van der Waals surface area contributed by atoms with E-state index in [2.05, 4.69) is 20.2 Å². The zero-order valence-electron chi connectivity index (χ0n) is 16.7. The van der Waals surface area contributed by atoms with Gasteiger partial charge < -0.3 is 14.6 Å². The molecule has 6 nitrogen and oxygen atoms in total. The summed E-state index contributed by atoms with van der Waals surface area (Å²) in [7, 11) is 0. The minimum atomic E-state index is -0.0617. The highest BCUT2D eigenvalue weighted by molar-refractivity contribution is 6.31. The number of fused-ring (bicyclic) bond motifs is 1. The lowest BCUT2D eigenvalue weighted by atomic mass is 9.96. The third-order valence-electron chi connectivity index (χ3n) is 5.69. The Labute approximate surface area is 175 Å². The molecule has 152 valence electrons. The highest BCUT2D eigenvalue weighted by atomic mass is 35.5. The molecule has 7 heteroatoms. The van der Waals surface area contributed by atoms with E-state index in [-0.39, 0.29) is 11.8 Å². The summed E-state index contributed by atoms with van der Waals surface area (Å²) < 4.78 is 5.74. The zero-order chi connectivity index (χ0) is 20.4. The fraction of sp³-hybridized carbons (Fsp3) is 0.409. The summed E-state index contributed by atoms with van der Waals surface area (Å²) in [6, 6.07) is 7.74. The molecule has 0 spiro atoms. The highest BCUT2D eigenvalue weighted by Crippen LogP contribution is 2.32. The van der Waals surface area contributed by atoms with Gasteiger partial charge in [-0.15, -0.1) is 0 Å². The van der Waals surface area contributed by atoms with Crippen LogP contribution in [0.2, 0.25) is 5.02 Å². The molecule has 1 aromatic carbocycles. The average Bonchev–Trinajstić information content (AvgIpc) is 3.03. The van der Waals surface area contributed by atoms with Crippen LogP contribution in [0.4, 0.5) is 5.82 Å². The summed E-state index contributed by atoms with van der Waals surface area (Å²) in [6.45, 7) is 6.06. The van der Waals surface area contributed by atoms with Crippen molar-refractivity contribution in [1.29, 1.82) is 0 Å². The van der Waals surface area contributed by atoms with Crippen molar-refractivity contribution in [3.63, 3.8) is 0 Å². The Bertz CT molecular complexity index is 1030. The van der Waals surface area contributed by atoms with E-state index in [4.69, 9.17) is 16.0 Å². The van der Waals surface area contributed by atoms with Crippen molar-refractivity contribution in [1.82, 2.24) is 15.3 Å². The van der Waals surface area contributed by atoms with Crippen LogP contribution in [0.3, 0.4) is 0 Å². The van der Waals surface area contributed by atoms with Gasteiger partial charge in [-0.2, -0.15) is 0 Å². The van der Waals surface area contributed by atoms with Crippen LogP contribution in [0.15, 0.2) is 35.0 Å². The predicted octanol–water partition coefficient (Wildman–Crippen LogP) is 4.07. The van der Waals surface area contributed by atoms with Crippen molar-refractivity contribution in [2.45, 2.75) is 33.1 Å². The second-order valence-electron chi connectivity index (χ2n) is 7.58. The van der Waals surface area contributed by atoms with Gasteiger partial charge in [0.25, 0.3) is 0 Å². The van der Waals surface area contributed by atoms with Crippen LogP contribution in [0.25, 0.3) is 11.1 Å². The quantitative estimate of drug-likeness (QED) is 0.684. The molecule has 3 heterocycles. The molecule has 0 unspecified atom stereocenters. The molecule has 1 aliphatic heterocycles. The predicted molar refractivity (Wildman–Crippen MR) is 114 cm³/mol. The van der Waals surface area contributed by atoms with Crippen molar-refractivity contribution in [2.75, 3.05) is 24.5 Å². The summed E-state index contributed by atoms with van der Waals surface area (Å²) in [6.07, 6.45) is 4.09. The van der Waals surface area contributed by atoms with E-state index in [0.717, 1.165) is 58.9 Å². The van der Waals surface area contributed by atoms with Crippen LogP contribution < -0.4 is 10.2 Å².